The van der Waals surface area contributed by atoms with Crippen LogP contribution in [0.1, 0.15) is 26.3 Å². The molecule has 8 aromatic carbocycles. The van der Waals surface area contributed by atoms with Crippen molar-refractivity contribution in [3.8, 4) is 73.5 Å². The summed E-state index contributed by atoms with van der Waals surface area (Å²) in [6.45, 7) is 6.68. The second kappa shape index (κ2) is 17.7. The molecular weight excluding hydrogens is 990 g/mol. The van der Waals surface area contributed by atoms with E-state index in [4.69, 9.17) is 14.8 Å². The summed E-state index contributed by atoms with van der Waals surface area (Å²) in [6.07, 6.45) is 5.55. The van der Waals surface area contributed by atoms with Crippen LogP contribution in [0.15, 0.2) is 206 Å². The van der Waals surface area contributed by atoms with E-state index in [0.29, 0.717) is 23.0 Å². The summed E-state index contributed by atoms with van der Waals surface area (Å²) >= 11 is 0. The summed E-state index contributed by atoms with van der Waals surface area (Å²) < 4.78 is 12.9. The minimum absolute atomic E-state index is 0. The Morgan fingerprint density at radius 3 is 1.76 bits per heavy atom. The fourth-order valence-corrected chi connectivity index (χ4v) is 8.70. The molecule has 0 atom stereocenters. The molecule has 66 heavy (non-hydrogen) atoms. The van der Waals surface area contributed by atoms with E-state index < -0.39 is 0 Å². The van der Waals surface area contributed by atoms with E-state index in [1.54, 1.807) is 0 Å². The van der Waals surface area contributed by atoms with E-state index in [1.807, 2.05) is 70.0 Å². The van der Waals surface area contributed by atoms with E-state index in [2.05, 4.69) is 189 Å². The molecule has 0 saturated carbocycles. The Hall–Kier alpha value is -7.66. The number of benzene rings is 8. The Kier molecular flexibility index (Phi) is 11.4. The maximum Gasteiger partial charge on any atom is 0.272 e. The molecule has 7 heteroatoms. The average molecular weight is 1030 g/mol. The van der Waals surface area contributed by atoms with Crippen LogP contribution in [0.2, 0.25) is 0 Å². The van der Waals surface area contributed by atoms with Crippen LogP contribution in [0, 0.1) is 18.5 Å². The monoisotopic (exact) mass is 1030 g/mol. The molecule has 11 aromatic rings. The van der Waals surface area contributed by atoms with Crippen LogP contribution >= 0.6 is 0 Å². The van der Waals surface area contributed by atoms with Gasteiger partial charge in [-0.3, -0.25) is 0 Å². The predicted molar refractivity (Wildman–Crippen MR) is 261 cm³/mol. The Morgan fingerprint density at radius 2 is 1.12 bits per heavy atom. The average Bonchev–Trinajstić information content (AvgIpc) is 3.95. The third-order valence-electron chi connectivity index (χ3n) is 11.9. The number of aromatic nitrogens is 5. The van der Waals surface area contributed by atoms with Crippen LogP contribution in [0.5, 0.6) is 11.5 Å². The quantitative estimate of drug-likeness (QED) is 0.107. The first-order valence-electron chi connectivity index (χ1n) is 21.8. The summed E-state index contributed by atoms with van der Waals surface area (Å²) in [6, 6.07) is 76.1. The van der Waals surface area contributed by atoms with Crippen LogP contribution < -0.4 is 9.42 Å². The fourth-order valence-electron chi connectivity index (χ4n) is 8.70. The summed E-state index contributed by atoms with van der Waals surface area (Å²) in [4.78, 5) is 4.94. The molecule has 0 amide bonds. The van der Waals surface area contributed by atoms with Crippen LogP contribution in [-0.4, -0.2) is 19.2 Å². The van der Waals surface area contributed by atoms with Crippen LogP contribution in [0.4, 0.5) is 0 Å². The van der Waals surface area contributed by atoms with Crippen molar-refractivity contribution in [2.75, 3.05) is 0 Å². The molecule has 3 heterocycles. The maximum absolute atomic E-state index is 6.87. The number of ether oxygens (including phenoxy) is 1. The summed E-state index contributed by atoms with van der Waals surface area (Å²) in [7, 11) is 0. The van der Waals surface area contributed by atoms with E-state index in [-0.39, 0.29) is 26.5 Å². The largest absolute Gasteiger partial charge is 0.510 e. The summed E-state index contributed by atoms with van der Waals surface area (Å²) in [5.41, 5.74) is 12.0. The van der Waals surface area contributed by atoms with E-state index in [9.17, 15) is 0 Å². The number of pyridine rings is 1. The van der Waals surface area contributed by atoms with Crippen LogP contribution in [0.25, 0.3) is 83.8 Å². The molecular formula is C59H43N5OPt-2. The second-order valence-corrected chi connectivity index (χ2v) is 17.1. The van der Waals surface area contributed by atoms with Crippen molar-refractivity contribution in [1.29, 1.82) is 0 Å². The second-order valence-electron chi connectivity index (χ2n) is 17.1. The van der Waals surface area contributed by atoms with Gasteiger partial charge in [-0.2, -0.15) is 16.8 Å². The molecule has 3 aromatic heterocycles. The number of rotatable bonds is 9. The number of para-hydroxylation sites is 2. The molecule has 6 nitrogen and oxygen atoms in total. The molecule has 0 bridgehead atoms. The zero-order valence-corrected chi connectivity index (χ0v) is 38.9. The molecule has 322 valence electrons. The van der Waals surface area contributed by atoms with Crippen molar-refractivity contribution in [2.45, 2.75) is 26.2 Å². The van der Waals surface area contributed by atoms with Crippen molar-refractivity contribution >= 4 is 21.8 Å². The molecule has 0 saturated heterocycles. The van der Waals surface area contributed by atoms with Gasteiger partial charge in [-0.1, -0.05) is 195 Å². The van der Waals surface area contributed by atoms with Crippen molar-refractivity contribution in [1.82, 2.24) is 19.2 Å². The summed E-state index contributed by atoms with van der Waals surface area (Å²) in [5, 5.41) is 7.51. The molecule has 0 spiro atoms. The van der Waals surface area contributed by atoms with Crippen LogP contribution in [-0.2, 0) is 26.5 Å². The van der Waals surface area contributed by atoms with Crippen molar-refractivity contribution in [3.63, 3.8) is 0 Å². The fraction of sp³-hybridized carbons (Fsp3) is 0.0678. The topological polar surface area (TPSA) is 48.8 Å². The van der Waals surface area contributed by atoms with Crippen molar-refractivity contribution in [2.24, 2.45) is 0 Å². The molecule has 0 aliphatic rings. The molecule has 0 aliphatic carbocycles. The number of hydrogen-bond donors (Lipinski definition) is 0. The zero-order chi connectivity index (χ0) is 43.9. The van der Waals surface area contributed by atoms with Crippen LogP contribution in [0.3, 0.4) is 0 Å². The molecule has 0 radical (unpaired) electrons. The number of fused-ring (bicyclic) bond motifs is 3. The van der Waals surface area contributed by atoms with Crippen molar-refractivity contribution < 1.29 is 30.5 Å². The van der Waals surface area contributed by atoms with Gasteiger partial charge in [0, 0.05) is 49.8 Å². The van der Waals surface area contributed by atoms with Crippen molar-refractivity contribution in [3.05, 3.63) is 230 Å². The van der Waals surface area contributed by atoms with Gasteiger partial charge in [0.1, 0.15) is 5.82 Å². The number of nitrogens with zero attached hydrogens (tertiary/aromatic N) is 5. The third-order valence-corrected chi connectivity index (χ3v) is 11.9. The normalized spacial score (nSPS) is 11.4. The van der Waals surface area contributed by atoms with Gasteiger partial charge in [0.05, 0.1) is 5.69 Å². The van der Waals surface area contributed by atoms with E-state index in [1.165, 1.54) is 5.56 Å². The number of hydrogen-bond acceptors (Lipinski definition) is 3. The molecule has 0 unspecified atom stereocenters. The SMILES string of the molecule is CC(C)(C)c1ccnc(-n2c3[c-]c(Oc4[c-]c(-n5[c-][n+](-c6c(-c7ccccc7)cccc6-c6ccccc6)nc5-c5ccccc5)ccc4)cc(-c4ccccc4)c3c3ccccc32)c1.[Pt]. The molecule has 0 N–H and O–H groups in total. The first kappa shape index (κ1) is 42.3. The van der Waals surface area contributed by atoms with Gasteiger partial charge in [0.15, 0.2) is 5.82 Å². The molecule has 0 aliphatic heterocycles. The first-order chi connectivity index (χ1) is 31.9. The van der Waals surface area contributed by atoms with Gasteiger partial charge in [0.2, 0.25) is 0 Å². The Balaban J connectivity index is 0.00000511. The smallest absolute Gasteiger partial charge is 0.272 e. The van der Waals surface area contributed by atoms with Gasteiger partial charge in [-0.25, -0.2) is 4.98 Å². The zero-order valence-electron chi connectivity index (χ0n) is 36.6. The summed E-state index contributed by atoms with van der Waals surface area (Å²) in [5.74, 6) is 2.61. The Bertz CT molecular complexity index is 3430. The minimum Gasteiger partial charge on any atom is -0.510 e. The van der Waals surface area contributed by atoms with Gasteiger partial charge >= 0.3 is 0 Å². The van der Waals surface area contributed by atoms with Gasteiger partial charge in [-0.05, 0) is 62.4 Å². The van der Waals surface area contributed by atoms with Gasteiger partial charge in [-0.15, -0.1) is 34.9 Å². The Labute approximate surface area is 399 Å². The molecule has 11 rings (SSSR count). The minimum atomic E-state index is -0.0632. The van der Waals surface area contributed by atoms with Gasteiger partial charge < -0.3 is 13.9 Å². The van der Waals surface area contributed by atoms with E-state index >= 15 is 0 Å². The first-order valence-corrected chi connectivity index (χ1v) is 21.8. The predicted octanol–water partition coefficient (Wildman–Crippen LogP) is 13.8. The third kappa shape index (κ3) is 7.95. The molecule has 0 fully saturated rings. The van der Waals surface area contributed by atoms with Gasteiger partial charge in [0.25, 0.3) is 6.33 Å². The Morgan fingerprint density at radius 1 is 0.545 bits per heavy atom. The standard InChI is InChI=1S/C59H43N5O.Pt/c1-59(2,3)45-34-35-60-55(36-45)64-53-33-17-16-30-51(53)56-52(43-24-12-6-13-25-43)38-48(39-54(56)64)65-47-29-18-28-46(37-47)62-40-63(61-58(62)44-26-14-7-15-27-44)57-49(41-20-8-4-9-21-41)31-19-32-50(57)42-22-10-5-11-23-42;/h4-36,38H,1-3H3;/q-2;. The van der Waals surface area contributed by atoms with E-state index in [0.717, 1.165) is 72.3 Å². The maximum atomic E-state index is 6.87.